The Morgan fingerprint density at radius 1 is 0.923 bits per heavy atom. The van der Waals surface area contributed by atoms with Crippen molar-refractivity contribution in [3.63, 3.8) is 0 Å². The minimum absolute atomic E-state index is 0.323. The highest BCUT2D eigenvalue weighted by atomic mass is 19.4. The Hall–Kier alpha value is -2.40. The SMILES string of the molecule is O=C(O)Cc1c(C(F)(F)C(F)(F)C(F)(F)C(F)(F)F)[nH]c2ccccc12. The molecule has 0 fully saturated rings. The maximum atomic E-state index is 14.2. The molecule has 0 amide bonds. The van der Waals surface area contributed by atoms with Crippen molar-refractivity contribution in [2.24, 2.45) is 0 Å². The van der Waals surface area contributed by atoms with Gasteiger partial charge in [0.1, 0.15) is 0 Å². The lowest BCUT2D eigenvalue weighted by Crippen LogP contribution is -2.59. The highest BCUT2D eigenvalue weighted by molar-refractivity contribution is 5.88. The molecule has 0 aliphatic carbocycles. The van der Waals surface area contributed by atoms with Gasteiger partial charge >= 0.3 is 29.9 Å². The van der Waals surface area contributed by atoms with Crippen molar-refractivity contribution in [3.05, 3.63) is 35.5 Å². The summed E-state index contributed by atoms with van der Waals surface area (Å²) in [6.07, 6.45) is -8.26. The molecular formula is C14H8F9NO2. The quantitative estimate of drug-likeness (QED) is 0.723. The second-order valence-electron chi connectivity index (χ2n) is 5.32. The molecule has 0 bridgehead atoms. The zero-order chi connectivity index (χ0) is 20.1. The van der Waals surface area contributed by atoms with Gasteiger partial charge in [-0.3, -0.25) is 4.79 Å². The van der Waals surface area contributed by atoms with E-state index in [1.807, 2.05) is 0 Å². The van der Waals surface area contributed by atoms with Crippen LogP contribution in [0.2, 0.25) is 0 Å². The van der Waals surface area contributed by atoms with Crippen LogP contribution < -0.4 is 0 Å². The summed E-state index contributed by atoms with van der Waals surface area (Å²) in [6.45, 7) is 0. The van der Waals surface area contributed by atoms with Crippen LogP contribution >= 0.6 is 0 Å². The van der Waals surface area contributed by atoms with Crippen LogP contribution in [-0.2, 0) is 17.1 Å². The number of nitrogens with one attached hydrogen (secondary N) is 1. The van der Waals surface area contributed by atoms with Gasteiger partial charge in [0.15, 0.2) is 0 Å². The van der Waals surface area contributed by atoms with Crippen LogP contribution in [0.3, 0.4) is 0 Å². The Kier molecular flexibility index (Phi) is 4.45. The van der Waals surface area contributed by atoms with Gasteiger partial charge in [0.25, 0.3) is 0 Å². The third kappa shape index (κ3) is 2.76. The molecule has 0 spiro atoms. The summed E-state index contributed by atoms with van der Waals surface area (Å²) in [7, 11) is 0. The van der Waals surface area contributed by atoms with Gasteiger partial charge in [-0.1, -0.05) is 18.2 Å². The first-order valence-electron chi connectivity index (χ1n) is 6.66. The maximum Gasteiger partial charge on any atom is 0.460 e. The number of fused-ring (bicyclic) bond motifs is 1. The Morgan fingerprint density at radius 2 is 1.46 bits per heavy atom. The first-order valence-corrected chi connectivity index (χ1v) is 6.66. The van der Waals surface area contributed by atoms with E-state index in [0.717, 1.165) is 12.1 Å². The number of H-pyrrole nitrogens is 1. The molecule has 2 rings (SSSR count). The third-order valence-corrected chi connectivity index (χ3v) is 3.60. The van der Waals surface area contributed by atoms with Gasteiger partial charge < -0.3 is 10.1 Å². The fraction of sp³-hybridized carbons (Fsp3) is 0.357. The van der Waals surface area contributed by atoms with E-state index in [9.17, 15) is 44.3 Å². The summed E-state index contributed by atoms with van der Waals surface area (Å²) in [5.41, 5.74) is -3.37. The molecule has 0 aliphatic rings. The summed E-state index contributed by atoms with van der Waals surface area (Å²) in [5, 5.41) is 8.43. The number of rotatable bonds is 5. The lowest BCUT2D eigenvalue weighted by Gasteiger charge is -2.33. The average Bonchev–Trinajstić information content (AvgIpc) is 2.84. The molecule has 1 aromatic carbocycles. The topological polar surface area (TPSA) is 53.1 Å². The molecule has 2 aromatic rings. The largest absolute Gasteiger partial charge is 0.481 e. The van der Waals surface area contributed by atoms with Crippen LogP contribution in [0.1, 0.15) is 11.3 Å². The van der Waals surface area contributed by atoms with Crippen LogP contribution in [0.4, 0.5) is 39.5 Å². The van der Waals surface area contributed by atoms with E-state index in [2.05, 4.69) is 0 Å². The van der Waals surface area contributed by atoms with Crippen molar-refractivity contribution in [1.82, 2.24) is 4.98 Å². The zero-order valence-electron chi connectivity index (χ0n) is 12.3. The van der Waals surface area contributed by atoms with Gasteiger partial charge in [-0.2, -0.15) is 39.5 Å². The predicted octanol–water partition coefficient (Wildman–Crippen LogP) is 4.72. The average molecular weight is 393 g/mol. The van der Waals surface area contributed by atoms with Crippen molar-refractivity contribution >= 4 is 16.9 Å². The molecule has 0 radical (unpaired) electrons. The number of aliphatic carboxylic acids is 1. The molecule has 0 saturated carbocycles. The molecule has 26 heavy (non-hydrogen) atoms. The van der Waals surface area contributed by atoms with E-state index in [0.29, 0.717) is 0 Å². The van der Waals surface area contributed by atoms with Gasteiger partial charge in [-0.25, -0.2) is 0 Å². The Morgan fingerprint density at radius 3 is 1.96 bits per heavy atom. The molecular weight excluding hydrogens is 385 g/mol. The normalized spacial score (nSPS) is 14.0. The summed E-state index contributed by atoms with van der Waals surface area (Å²) >= 11 is 0. The van der Waals surface area contributed by atoms with Crippen molar-refractivity contribution in [1.29, 1.82) is 0 Å². The Bertz CT molecular complexity index is 839. The number of carboxylic acids is 1. The molecule has 1 aromatic heterocycles. The van der Waals surface area contributed by atoms with Crippen LogP contribution in [0.25, 0.3) is 10.9 Å². The highest BCUT2D eigenvalue weighted by Gasteiger charge is 2.82. The standard InChI is InChI=1S/C14H8F9NO2/c15-11(16,12(17,18)13(19,20)14(21,22)23)10-7(5-9(25)26)6-3-1-2-4-8(6)24-10/h1-4,24H,5H2,(H,25,26). The maximum absolute atomic E-state index is 14.2. The number of carboxylic acid groups (broad SMARTS) is 1. The van der Waals surface area contributed by atoms with Crippen LogP contribution in [-0.4, -0.2) is 34.1 Å². The molecule has 144 valence electrons. The van der Waals surface area contributed by atoms with Crippen LogP contribution in [0.5, 0.6) is 0 Å². The van der Waals surface area contributed by atoms with E-state index in [4.69, 9.17) is 5.11 Å². The lowest BCUT2D eigenvalue weighted by atomic mass is 9.96. The van der Waals surface area contributed by atoms with Crippen molar-refractivity contribution in [2.45, 2.75) is 30.4 Å². The van der Waals surface area contributed by atoms with Crippen molar-refractivity contribution in [3.8, 4) is 0 Å². The number of alkyl halides is 9. The number of carbonyl (C=O) groups is 1. The van der Waals surface area contributed by atoms with E-state index < -0.39 is 47.6 Å². The summed E-state index contributed by atoms with van der Waals surface area (Å²) in [5.74, 6) is -21.8. The lowest BCUT2D eigenvalue weighted by molar-refractivity contribution is -0.400. The smallest absolute Gasteiger partial charge is 0.460 e. The van der Waals surface area contributed by atoms with Crippen molar-refractivity contribution in [2.75, 3.05) is 0 Å². The van der Waals surface area contributed by atoms with E-state index in [1.54, 1.807) is 4.98 Å². The molecule has 0 aliphatic heterocycles. The summed E-state index contributed by atoms with van der Waals surface area (Å²) in [4.78, 5) is 12.5. The molecule has 0 saturated heterocycles. The van der Waals surface area contributed by atoms with E-state index in [1.165, 1.54) is 12.1 Å². The summed E-state index contributed by atoms with van der Waals surface area (Å²) < 4.78 is 118. The first-order chi connectivity index (χ1) is 11.6. The monoisotopic (exact) mass is 393 g/mol. The minimum Gasteiger partial charge on any atom is -0.481 e. The van der Waals surface area contributed by atoms with Crippen LogP contribution in [0.15, 0.2) is 24.3 Å². The zero-order valence-corrected chi connectivity index (χ0v) is 12.3. The summed E-state index contributed by atoms with van der Waals surface area (Å²) in [6, 6.07) is 4.52. The van der Waals surface area contributed by atoms with Crippen molar-refractivity contribution < 1.29 is 49.4 Å². The van der Waals surface area contributed by atoms with E-state index in [-0.39, 0.29) is 10.9 Å². The minimum atomic E-state index is -7.07. The molecule has 1 heterocycles. The number of hydrogen-bond donors (Lipinski definition) is 2. The molecule has 3 nitrogen and oxygen atoms in total. The Balaban J connectivity index is 2.74. The second-order valence-corrected chi connectivity index (χ2v) is 5.32. The van der Waals surface area contributed by atoms with Gasteiger partial charge in [-0.05, 0) is 11.6 Å². The van der Waals surface area contributed by atoms with E-state index >= 15 is 0 Å². The van der Waals surface area contributed by atoms with Gasteiger partial charge in [0.05, 0.1) is 12.1 Å². The molecule has 0 atom stereocenters. The molecule has 2 N–H and O–H groups in total. The number of halogens is 9. The third-order valence-electron chi connectivity index (χ3n) is 3.60. The number of aromatic amines is 1. The fourth-order valence-electron chi connectivity index (χ4n) is 2.34. The van der Waals surface area contributed by atoms with Gasteiger partial charge in [0, 0.05) is 10.9 Å². The Labute approximate surface area is 138 Å². The van der Waals surface area contributed by atoms with Crippen LogP contribution in [0, 0.1) is 0 Å². The fourth-order valence-corrected chi connectivity index (χ4v) is 2.34. The highest BCUT2D eigenvalue weighted by Crippen LogP contribution is 2.57. The number of aromatic nitrogens is 1. The number of para-hydroxylation sites is 1. The predicted molar refractivity (Wildman–Crippen MR) is 69.5 cm³/mol. The van der Waals surface area contributed by atoms with Gasteiger partial charge in [-0.15, -0.1) is 0 Å². The van der Waals surface area contributed by atoms with Gasteiger partial charge in [0.2, 0.25) is 0 Å². The molecule has 0 unspecified atom stereocenters. The number of hydrogen-bond acceptors (Lipinski definition) is 1. The molecule has 12 heteroatoms. The number of benzene rings is 1. The first kappa shape index (κ1) is 19.9. The second kappa shape index (κ2) is 5.81.